The fraction of sp³-hybridized carbons (Fsp3) is 0.400. The third kappa shape index (κ3) is 4.18. The largest absolute Gasteiger partial charge is 0.493 e. The van der Waals surface area contributed by atoms with Gasteiger partial charge in [-0.3, -0.25) is 0 Å². The number of halogens is 4. The average Bonchev–Trinajstić information content (AvgIpc) is 2.64. The lowest BCUT2D eigenvalue weighted by Crippen LogP contribution is -2.30. The molecule has 1 aliphatic rings. The Labute approximate surface area is 155 Å². The van der Waals surface area contributed by atoms with E-state index in [1.807, 2.05) is 12.1 Å². The molecule has 1 heterocycles. The number of hydrogen-bond donors (Lipinski definition) is 1. The van der Waals surface area contributed by atoms with Crippen LogP contribution in [0.15, 0.2) is 30.3 Å². The van der Waals surface area contributed by atoms with Crippen LogP contribution in [0.4, 0.5) is 17.6 Å². The first kappa shape index (κ1) is 19.5. The molecule has 0 fully saturated rings. The SMILES string of the molecule is COc1cc2c(cc1OC)[C@H](CCc1cc(F)ccc1C(F)(F)F)NCC2. The number of aryl methyl sites for hydroxylation is 1. The Morgan fingerprint density at radius 1 is 1.07 bits per heavy atom. The van der Waals surface area contributed by atoms with Crippen LogP contribution in [-0.4, -0.2) is 20.8 Å². The summed E-state index contributed by atoms with van der Waals surface area (Å²) < 4.78 is 63.8. The van der Waals surface area contributed by atoms with E-state index in [0.717, 1.165) is 35.7 Å². The second-order valence-corrected chi connectivity index (χ2v) is 6.50. The number of ether oxygens (including phenoxy) is 2. The molecule has 2 aromatic carbocycles. The van der Waals surface area contributed by atoms with E-state index in [1.54, 1.807) is 7.11 Å². The van der Waals surface area contributed by atoms with Crippen molar-refractivity contribution in [3.8, 4) is 11.5 Å². The van der Waals surface area contributed by atoms with Crippen molar-refractivity contribution in [3.05, 3.63) is 58.4 Å². The van der Waals surface area contributed by atoms with Crippen molar-refractivity contribution in [2.45, 2.75) is 31.5 Å². The lowest BCUT2D eigenvalue weighted by molar-refractivity contribution is -0.138. The summed E-state index contributed by atoms with van der Waals surface area (Å²) in [5.41, 5.74) is 1.24. The van der Waals surface area contributed by atoms with Gasteiger partial charge in [0.05, 0.1) is 19.8 Å². The zero-order chi connectivity index (χ0) is 19.6. The van der Waals surface area contributed by atoms with E-state index in [-0.39, 0.29) is 18.0 Å². The van der Waals surface area contributed by atoms with E-state index >= 15 is 0 Å². The minimum atomic E-state index is -4.50. The zero-order valence-electron chi connectivity index (χ0n) is 15.1. The summed E-state index contributed by atoms with van der Waals surface area (Å²) in [6, 6.07) is 6.25. The molecular formula is C20H21F4NO2. The molecule has 3 rings (SSSR count). The van der Waals surface area contributed by atoms with Crippen molar-refractivity contribution in [2.24, 2.45) is 0 Å². The second kappa shape index (κ2) is 7.76. The lowest BCUT2D eigenvalue weighted by Gasteiger charge is -2.28. The summed E-state index contributed by atoms with van der Waals surface area (Å²) in [7, 11) is 3.10. The molecule has 1 N–H and O–H groups in total. The summed E-state index contributed by atoms with van der Waals surface area (Å²) in [5.74, 6) is 0.537. The minimum absolute atomic E-state index is 0.0306. The van der Waals surface area contributed by atoms with E-state index < -0.39 is 17.6 Å². The van der Waals surface area contributed by atoms with Gasteiger partial charge in [0, 0.05) is 6.04 Å². The molecule has 146 valence electrons. The quantitative estimate of drug-likeness (QED) is 0.761. The van der Waals surface area contributed by atoms with Crippen LogP contribution in [0.3, 0.4) is 0 Å². The molecule has 1 atom stereocenters. The highest BCUT2D eigenvalue weighted by atomic mass is 19.4. The molecule has 3 nitrogen and oxygen atoms in total. The van der Waals surface area contributed by atoms with E-state index in [9.17, 15) is 17.6 Å². The van der Waals surface area contributed by atoms with Gasteiger partial charge in [0.15, 0.2) is 11.5 Å². The topological polar surface area (TPSA) is 30.5 Å². The van der Waals surface area contributed by atoms with E-state index in [0.29, 0.717) is 24.5 Å². The van der Waals surface area contributed by atoms with Crippen molar-refractivity contribution >= 4 is 0 Å². The fourth-order valence-corrected chi connectivity index (χ4v) is 3.57. The Morgan fingerprint density at radius 3 is 2.44 bits per heavy atom. The van der Waals surface area contributed by atoms with E-state index in [1.165, 1.54) is 7.11 Å². The smallest absolute Gasteiger partial charge is 0.416 e. The Balaban J connectivity index is 1.86. The summed E-state index contributed by atoms with van der Waals surface area (Å²) >= 11 is 0. The Hall–Kier alpha value is -2.28. The van der Waals surface area contributed by atoms with Crippen molar-refractivity contribution in [2.75, 3.05) is 20.8 Å². The molecule has 0 radical (unpaired) electrons. The molecule has 7 heteroatoms. The second-order valence-electron chi connectivity index (χ2n) is 6.50. The van der Waals surface area contributed by atoms with Gasteiger partial charge in [0.2, 0.25) is 0 Å². The zero-order valence-corrected chi connectivity index (χ0v) is 15.1. The third-order valence-electron chi connectivity index (χ3n) is 4.88. The number of fused-ring (bicyclic) bond motifs is 1. The maximum absolute atomic E-state index is 13.5. The normalized spacial score (nSPS) is 16.7. The van der Waals surface area contributed by atoms with Gasteiger partial charge in [0.25, 0.3) is 0 Å². The standard InChI is InChI=1S/C20H21F4NO2/c1-26-18-10-12-7-8-25-17(15(12)11-19(18)27-2)6-3-13-9-14(21)4-5-16(13)20(22,23)24/h4-5,9-11,17,25H,3,6-8H2,1-2H3/t17-/m0/s1. The summed E-state index contributed by atoms with van der Waals surface area (Å²) in [5, 5.41) is 3.34. The van der Waals surface area contributed by atoms with Crippen molar-refractivity contribution < 1.29 is 27.0 Å². The van der Waals surface area contributed by atoms with Crippen LogP contribution in [0.5, 0.6) is 11.5 Å². The van der Waals surface area contributed by atoms with E-state index in [4.69, 9.17) is 9.47 Å². The molecule has 2 aromatic rings. The summed E-state index contributed by atoms with van der Waals surface area (Å²) in [4.78, 5) is 0. The molecule has 27 heavy (non-hydrogen) atoms. The fourth-order valence-electron chi connectivity index (χ4n) is 3.57. The summed E-state index contributed by atoms with van der Waals surface area (Å²) in [6.45, 7) is 0.711. The van der Waals surface area contributed by atoms with Gasteiger partial charge in [0.1, 0.15) is 5.82 Å². The first-order valence-corrected chi connectivity index (χ1v) is 8.67. The minimum Gasteiger partial charge on any atom is -0.493 e. The van der Waals surface area contributed by atoms with Crippen LogP contribution in [-0.2, 0) is 19.0 Å². The molecule has 0 amide bonds. The lowest BCUT2D eigenvalue weighted by atomic mass is 9.89. The number of alkyl halides is 3. The van der Waals surface area contributed by atoms with Gasteiger partial charge < -0.3 is 14.8 Å². The van der Waals surface area contributed by atoms with Gasteiger partial charge in [-0.05, 0) is 72.8 Å². The number of nitrogens with one attached hydrogen (secondary N) is 1. The molecule has 0 aliphatic carbocycles. The van der Waals surface area contributed by atoms with Gasteiger partial charge in [-0.1, -0.05) is 0 Å². The molecule has 0 aromatic heterocycles. The Bertz CT molecular complexity index is 820. The van der Waals surface area contributed by atoms with Crippen LogP contribution in [0.25, 0.3) is 0 Å². The molecule has 0 saturated carbocycles. The Morgan fingerprint density at radius 2 is 1.78 bits per heavy atom. The predicted molar refractivity (Wildman–Crippen MR) is 93.7 cm³/mol. The monoisotopic (exact) mass is 383 g/mol. The average molecular weight is 383 g/mol. The molecule has 1 aliphatic heterocycles. The highest BCUT2D eigenvalue weighted by Crippen LogP contribution is 2.38. The Kier molecular flexibility index (Phi) is 5.60. The van der Waals surface area contributed by atoms with Crippen molar-refractivity contribution in [1.29, 1.82) is 0 Å². The maximum atomic E-state index is 13.5. The first-order valence-electron chi connectivity index (χ1n) is 8.67. The number of benzene rings is 2. The van der Waals surface area contributed by atoms with Gasteiger partial charge in [-0.15, -0.1) is 0 Å². The van der Waals surface area contributed by atoms with Crippen molar-refractivity contribution in [3.63, 3.8) is 0 Å². The van der Waals surface area contributed by atoms with Crippen LogP contribution >= 0.6 is 0 Å². The van der Waals surface area contributed by atoms with Crippen LogP contribution in [0.2, 0.25) is 0 Å². The van der Waals surface area contributed by atoms with E-state index in [2.05, 4.69) is 5.32 Å². The highest BCUT2D eigenvalue weighted by molar-refractivity contribution is 5.49. The summed E-state index contributed by atoms with van der Waals surface area (Å²) in [6.07, 6.45) is -3.19. The third-order valence-corrected chi connectivity index (χ3v) is 4.88. The first-order chi connectivity index (χ1) is 12.8. The number of rotatable bonds is 5. The molecule has 0 bridgehead atoms. The maximum Gasteiger partial charge on any atom is 0.416 e. The van der Waals surface area contributed by atoms with Gasteiger partial charge >= 0.3 is 6.18 Å². The van der Waals surface area contributed by atoms with Gasteiger partial charge in [-0.2, -0.15) is 13.2 Å². The molecular weight excluding hydrogens is 362 g/mol. The van der Waals surface area contributed by atoms with Crippen molar-refractivity contribution in [1.82, 2.24) is 5.32 Å². The molecule has 0 saturated heterocycles. The molecule has 0 unspecified atom stereocenters. The predicted octanol–water partition coefficient (Wildman–Crippen LogP) is 4.68. The van der Waals surface area contributed by atoms with Crippen LogP contribution in [0.1, 0.15) is 34.7 Å². The highest BCUT2D eigenvalue weighted by Gasteiger charge is 2.33. The number of hydrogen-bond acceptors (Lipinski definition) is 3. The number of methoxy groups -OCH3 is 2. The van der Waals surface area contributed by atoms with Crippen LogP contribution < -0.4 is 14.8 Å². The molecule has 0 spiro atoms. The van der Waals surface area contributed by atoms with Gasteiger partial charge in [-0.25, -0.2) is 4.39 Å². The van der Waals surface area contributed by atoms with Crippen LogP contribution in [0, 0.1) is 5.82 Å².